The molecule has 0 spiro atoms. The Morgan fingerprint density at radius 1 is 1.69 bits per heavy atom. The number of hydrogen-bond acceptors (Lipinski definition) is 4. The molecule has 0 aromatic carbocycles. The van der Waals surface area contributed by atoms with E-state index >= 15 is 0 Å². The lowest BCUT2D eigenvalue weighted by molar-refractivity contribution is -0.125. The highest BCUT2D eigenvalue weighted by Gasteiger charge is 2.16. The van der Waals surface area contributed by atoms with Crippen molar-refractivity contribution in [1.82, 2.24) is 15.8 Å². The molecule has 1 fully saturated rings. The molecule has 76 valence electrons. The molecule has 2 N–H and O–H groups in total. The molecular formula is C8H17N3OS. The van der Waals surface area contributed by atoms with Crippen molar-refractivity contribution >= 4 is 17.7 Å². The Hall–Kier alpha value is -0.260. The van der Waals surface area contributed by atoms with E-state index in [9.17, 15) is 4.79 Å². The molecule has 13 heavy (non-hydrogen) atoms. The zero-order valence-electron chi connectivity index (χ0n) is 8.17. The summed E-state index contributed by atoms with van der Waals surface area (Å²) in [5.74, 6) is 2.29. The van der Waals surface area contributed by atoms with Crippen LogP contribution >= 0.6 is 11.8 Å². The molecule has 1 rings (SSSR count). The maximum atomic E-state index is 11.3. The van der Waals surface area contributed by atoms with Gasteiger partial charge in [-0.2, -0.15) is 11.8 Å². The number of nitrogens with one attached hydrogen (secondary N) is 2. The first kappa shape index (κ1) is 10.8. The number of hydrogen-bond donors (Lipinski definition) is 2. The third kappa shape index (κ3) is 4.50. The normalized spacial score (nSPS) is 23.2. The lowest BCUT2D eigenvalue weighted by Gasteiger charge is -2.23. The van der Waals surface area contributed by atoms with Gasteiger partial charge in [0.05, 0.1) is 0 Å². The fourth-order valence-corrected chi connectivity index (χ4v) is 2.22. The quantitative estimate of drug-likeness (QED) is 0.617. The monoisotopic (exact) mass is 203 g/mol. The van der Waals surface area contributed by atoms with Gasteiger partial charge >= 0.3 is 0 Å². The van der Waals surface area contributed by atoms with Gasteiger partial charge < -0.3 is 5.32 Å². The van der Waals surface area contributed by atoms with E-state index in [0.29, 0.717) is 12.5 Å². The first-order valence-electron chi connectivity index (χ1n) is 4.46. The number of thioether (sulfide) groups is 1. The summed E-state index contributed by atoms with van der Waals surface area (Å²) in [6.45, 7) is 1.02. The number of carbonyl (C=O) groups excluding carboxylic acids is 1. The number of amides is 1. The van der Waals surface area contributed by atoms with Crippen molar-refractivity contribution in [3.8, 4) is 0 Å². The predicted molar refractivity (Wildman–Crippen MR) is 55.6 cm³/mol. The predicted octanol–water partition coefficient (Wildman–Crippen LogP) is -0.326. The lowest BCUT2D eigenvalue weighted by Crippen LogP contribution is -2.44. The van der Waals surface area contributed by atoms with Gasteiger partial charge in [0, 0.05) is 44.6 Å². The molecule has 0 saturated carbocycles. The fourth-order valence-electron chi connectivity index (χ4n) is 1.27. The van der Waals surface area contributed by atoms with Crippen LogP contribution < -0.4 is 10.7 Å². The molecule has 0 aromatic heterocycles. The summed E-state index contributed by atoms with van der Waals surface area (Å²) in [6, 6.07) is 0.346. The molecule has 0 aliphatic carbocycles. The highest BCUT2D eigenvalue weighted by atomic mass is 32.2. The van der Waals surface area contributed by atoms with Gasteiger partial charge in [-0.25, -0.2) is 5.01 Å². The van der Waals surface area contributed by atoms with Crippen molar-refractivity contribution in [1.29, 1.82) is 0 Å². The van der Waals surface area contributed by atoms with Crippen LogP contribution in [0.3, 0.4) is 0 Å². The van der Waals surface area contributed by atoms with E-state index in [4.69, 9.17) is 0 Å². The molecule has 0 radical (unpaired) electrons. The average Bonchev–Trinajstić information content (AvgIpc) is 2.04. The second-order valence-corrected chi connectivity index (χ2v) is 4.51. The number of carbonyl (C=O) groups is 1. The van der Waals surface area contributed by atoms with E-state index in [2.05, 4.69) is 10.7 Å². The third-order valence-corrected chi connectivity index (χ3v) is 2.91. The summed E-state index contributed by atoms with van der Waals surface area (Å²) >= 11 is 1.91. The minimum absolute atomic E-state index is 0.0880. The fraction of sp³-hybridized carbons (Fsp3) is 0.875. The van der Waals surface area contributed by atoms with Crippen LogP contribution in [0, 0.1) is 0 Å². The van der Waals surface area contributed by atoms with Gasteiger partial charge in [-0.15, -0.1) is 0 Å². The SMILES string of the molecule is CN(C)NC(=O)CC1CSCCN1. The van der Waals surface area contributed by atoms with Crippen molar-refractivity contribution in [2.45, 2.75) is 12.5 Å². The Balaban J connectivity index is 2.18. The maximum absolute atomic E-state index is 11.3. The van der Waals surface area contributed by atoms with Gasteiger partial charge in [0.2, 0.25) is 5.91 Å². The van der Waals surface area contributed by atoms with Crippen LogP contribution in [-0.2, 0) is 4.79 Å². The molecule has 5 heteroatoms. The van der Waals surface area contributed by atoms with Crippen molar-refractivity contribution in [2.75, 3.05) is 32.1 Å². The minimum atomic E-state index is 0.0880. The number of nitrogens with zero attached hydrogens (tertiary/aromatic N) is 1. The van der Waals surface area contributed by atoms with Crippen LogP contribution in [0.5, 0.6) is 0 Å². The first-order chi connectivity index (χ1) is 6.18. The van der Waals surface area contributed by atoms with Crippen LogP contribution in [0.1, 0.15) is 6.42 Å². The molecule has 1 atom stereocenters. The van der Waals surface area contributed by atoms with Gasteiger partial charge in [0.25, 0.3) is 0 Å². The molecule has 1 unspecified atom stereocenters. The van der Waals surface area contributed by atoms with E-state index in [-0.39, 0.29) is 5.91 Å². The second kappa shape index (κ2) is 5.47. The van der Waals surface area contributed by atoms with E-state index < -0.39 is 0 Å². The Kier molecular flexibility index (Phi) is 4.55. The highest BCUT2D eigenvalue weighted by Crippen LogP contribution is 2.09. The van der Waals surface area contributed by atoms with E-state index in [1.165, 1.54) is 0 Å². The van der Waals surface area contributed by atoms with Crippen molar-refractivity contribution in [3.63, 3.8) is 0 Å². The van der Waals surface area contributed by atoms with Gasteiger partial charge in [0.15, 0.2) is 0 Å². The van der Waals surface area contributed by atoms with E-state index in [1.54, 1.807) is 5.01 Å². The van der Waals surface area contributed by atoms with Crippen molar-refractivity contribution < 1.29 is 4.79 Å². The molecular weight excluding hydrogens is 186 g/mol. The van der Waals surface area contributed by atoms with Crippen LogP contribution in [0.2, 0.25) is 0 Å². The van der Waals surface area contributed by atoms with Gasteiger partial charge in [-0.05, 0) is 0 Å². The topological polar surface area (TPSA) is 44.4 Å². The second-order valence-electron chi connectivity index (χ2n) is 3.36. The molecule has 1 heterocycles. The average molecular weight is 203 g/mol. The molecule has 0 bridgehead atoms. The van der Waals surface area contributed by atoms with Crippen LogP contribution in [0.4, 0.5) is 0 Å². The zero-order chi connectivity index (χ0) is 9.68. The molecule has 1 aliphatic heterocycles. The summed E-state index contributed by atoms with van der Waals surface area (Å²) < 4.78 is 0. The molecule has 1 amide bonds. The minimum Gasteiger partial charge on any atom is -0.312 e. The first-order valence-corrected chi connectivity index (χ1v) is 5.62. The smallest absolute Gasteiger partial charge is 0.235 e. The summed E-state index contributed by atoms with van der Waals surface area (Å²) in [7, 11) is 3.64. The highest BCUT2D eigenvalue weighted by molar-refractivity contribution is 7.99. The zero-order valence-corrected chi connectivity index (χ0v) is 8.99. The molecule has 4 nitrogen and oxygen atoms in total. The number of rotatable bonds is 3. The van der Waals surface area contributed by atoms with Crippen LogP contribution in [0.25, 0.3) is 0 Å². The van der Waals surface area contributed by atoms with Gasteiger partial charge in [0.1, 0.15) is 0 Å². The Bertz CT molecular complexity index is 169. The van der Waals surface area contributed by atoms with Crippen molar-refractivity contribution in [2.24, 2.45) is 0 Å². The largest absolute Gasteiger partial charge is 0.312 e. The van der Waals surface area contributed by atoms with Crippen LogP contribution in [-0.4, -0.2) is 49.1 Å². The molecule has 1 saturated heterocycles. The summed E-state index contributed by atoms with van der Waals surface area (Å²) in [6.07, 6.45) is 0.575. The maximum Gasteiger partial charge on any atom is 0.235 e. The molecule has 0 aromatic rings. The standard InChI is InChI=1S/C8H17N3OS/c1-11(2)10-8(12)5-7-6-13-4-3-9-7/h7,9H,3-6H2,1-2H3,(H,10,12). The Morgan fingerprint density at radius 3 is 3.00 bits per heavy atom. The van der Waals surface area contributed by atoms with Crippen molar-refractivity contribution in [3.05, 3.63) is 0 Å². The molecule has 1 aliphatic rings. The van der Waals surface area contributed by atoms with E-state index in [1.807, 2.05) is 25.9 Å². The van der Waals surface area contributed by atoms with Gasteiger partial charge in [-0.3, -0.25) is 10.2 Å². The van der Waals surface area contributed by atoms with E-state index in [0.717, 1.165) is 18.1 Å². The van der Waals surface area contributed by atoms with Crippen LogP contribution in [0.15, 0.2) is 0 Å². The number of hydrazine groups is 1. The Morgan fingerprint density at radius 2 is 2.46 bits per heavy atom. The Labute approximate surface area is 83.4 Å². The lowest BCUT2D eigenvalue weighted by atomic mass is 10.2. The summed E-state index contributed by atoms with van der Waals surface area (Å²) in [5.41, 5.74) is 2.74. The summed E-state index contributed by atoms with van der Waals surface area (Å²) in [5, 5.41) is 5.00. The third-order valence-electron chi connectivity index (χ3n) is 1.78. The van der Waals surface area contributed by atoms with Gasteiger partial charge in [-0.1, -0.05) is 0 Å². The summed E-state index contributed by atoms with van der Waals surface area (Å²) in [4.78, 5) is 11.3.